The number of rotatable bonds is 4. The van der Waals surface area contributed by atoms with Crippen LogP contribution in [-0.2, 0) is 0 Å². The predicted molar refractivity (Wildman–Crippen MR) is 40.4 cm³/mol. The molecular weight excluding hydrogens is 144 g/mol. The van der Waals surface area contributed by atoms with Crippen molar-refractivity contribution in [2.75, 3.05) is 0 Å². The van der Waals surface area contributed by atoms with Gasteiger partial charge in [0.15, 0.2) is 0 Å². The summed E-state index contributed by atoms with van der Waals surface area (Å²) in [5.74, 6) is 0.972. The van der Waals surface area contributed by atoms with Gasteiger partial charge in [0.05, 0.1) is 12.5 Å². The maximum Gasteiger partial charge on any atom is 0.207 e. The summed E-state index contributed by atoms with van der Waals surface area (Å²) in [5, 5.41) is 0. The molecule has 1 aromatic heterocycles. The molecule has 0 aromatic carbocycles. The molecule has 0 aliphatic heterocycles. The maximum atomic E-state index is 4.93. The molecule has 0 spiro atoms. The van der Waals surface area contributed by atoms with Gasteiger partial charge in [-0.05, 0) is 0 Å². The molecule has 0 amide bonds. The molecular formula is C8H8O3. The summed E-state index contributed by atoms with van der Waals surface area (Å²) in [7, 11) is 0. The number of hydrogen-bond donors (Lipinski definition) is 0. The molecule has 11 heavy (non-hydrogen) atoms. The fraction of sp³-hybridized carbons (Fsp3) is 0. The monoisotopic (exact) mass is 152 g/mol. The van der Waals surface area contributed by atoms with E-state index in [1.54, 1.807) is 0 Å². The van der Waals surface area contributed by atoms with Crippen molar-refractivity contribution in [3.8, 4) is 11.5 Å². The highest BCUT2D eigenvalue weighted by Gasteiger charge is 2.04. The Morgan fingerprint density at radius 3 is 1.91 bits per heavy atom. The minimum Gasteiger partial charge on any atom is -0.465 e. The first-order valence-corrected chi connectivity index (χ1v) is 2.99. The molecule has 0 atom stereocenters. The Morgan fingerprint density at radius 2 is 1.55 bits per heavy atom. The zero-order chi connectivity index (χ0) is 8.10. The Hall–Kier alpha value is -1.64. The predicted octanol–water partition coefficient (Wildman–Crippen LogP) is 2.32. The SMILES string of the molecule is C=COc1cocc1OC=C. The van der Waals surface area contributed by atoms with E-state index in [9.17, 15) is 0 Å². The first-order chi connectivity index (χ1) is 5.38. The van der Waals surface area contributed by atoms with Crippen molar-refractivity contribution in [1.82, 2.24) is 0 Å². The minimum atomic E-state index is 0.486. The average Bonchev–Trinajstić information content (AvgIpc) is 2.39. The Bertz CT molecular complexity index is 225. The zero-order valence-electron chi connectivity index (χ0n) is 5.95. The van der Waals surface area contributed by atoms with E-state index < -0.39 is 0 Å². The molecule has 0 saturated heterocycles. The molecule has 0 bridgehead atoms. The molecule has 0 radical (unpaired) electrons. The van der Waals surface area contributed by atoms with Crippen molar-refractivity contribution in [2.24, 2.45) is 0 Å². The quantitative estimate of drug-likeness (QED) is 0.620. The molecule has 0 N–H and O–H groups in total. The van der Waals surface area contributed by atoms with Crippen LogP contribution in [0.25, 0.3) is 0 Å². The molecule has 0 saturated carbocycles. The summed E-state index contributed by atoms with van der Waals surface area (Å²) in [6, 6.07) is 0. The molecule has 1 rings (SSSR count). The molecule has 0 unspecified atom stereocenters. The highest BCUT2D eigenvalue weighted by molar-refractivity contribution is 5.35. The van der Waals surface area contributed by atoms with E-state index >= 15 is 0 Å². The van der Waals surface area contributed by atoms with Crippen molar-refractivity contribution >= 4 is 0 Å². The van der Waals surface area contributed by atoms with Crippen molar-refractivity contribution < 1.29 is 13.9 Å². The molecule has 3 heteroatoms. The molecule has 1 aromatic rings. The van der Waals surface area contributed by atoms with Gasteiger partial charge in [-0.25, -0.2) is 0 Å². The Balaban J connectivity index is 2.76. The van der Waals surface area contributed by atoms with E-state index in [1.165, 1.54) is 25.1 Å². The van der Waals surface area contributed by atoms with E-state index in [2.05, 4.69) is 13.2 Å². The fourth-order valence-electron chi connectivity index (χ4n) is 0.625. The first-order valence-electron chi connectivity index (χ1n) is 2.99. The Kier molecular flexibility index (Phi) is 2.38. The Labute approximate surface area is 64.5 Å². The summed E-state index contributed by atoms with van der Waals surface area (Å²) in [5.41, 5.74) is 0. The van der Waals surface area contributed by atoms with Gasteiger partial charge in [-0.1, -0.05) is 13.2 Å². The Morgan fingerprint density at radius 1 is 1.09 bits per heavy atom. The highest BCUT2D eigenvalue weighted by Crippen LogP contribution is 2.28. The van der Waals surface area contributed by atoms with E-state index in [4.69, 9.17) is 13.9 Å². The first kappa shape index (κ1) is 7.47. The van der Waals surface area contributed by atoms with Crippen molar-refractivity contribution in [3.05, 3.63) is 38.2 Å². The lowest BCUT2D eigenvalue weighted by molar-refractivity contribution is 0.422. The lowest BCUT2D eigenvalue weighted by Crippen LogP contribution is -1.82. The number of ether oxygens (including phenoxy) is 2. The van der Waals surface area contributed by atoms with Gasteiger partial charge in [0.2, 0.25) is 11.5 Å². The second-order valence-electron chi connectivity index (χ2n) is 1.67. The second-order valence-corrected chi connectivity index (χ2v) is 1.67. The van der Waals surface area contributed by atoms with Gasteiger partial charge in [0.1, 0.15) is 12.5 Å². The second kappa shape index (κ2) is 3.51. The van der Waals surface area contributed by atoms with Crippen LogP contribution in [0.4, 0.5) is 0 Å². The molecule has 58 valence electrons. The molecule has 3 nitrogen and oxygen atoms in total. The molecule has 1 heterocycles. The summed E-state index contributed by atoms with van der Waals surface area (Å²) in [6.45, 7) is 6.78. The number of furan rings is 1. The van der Waals surface area contributed by atoms with E-state index in [-0.39, 0.29) is 0 Å². The molecule has 0 aliphatic rings. The van der Waals surface area contributed by atoms with E-state index in [0.29, 0.717) is 11.5 Å². The van der Waals surface area contributed by atoms with Crippen LogP contribution in [-0.4, -0.2) is 0 Å². The summed E-state index contributed by atoms with van der Waals surface area (Å²) < 4.78 is 14.7. The van der Waals surface area contributed by atoms with Gasteiger partial charge >= 0.3 is 0 Å². The zero-order valence-corrected chi connectivity index (χ0v) is 5.95. The smallest absolute Gasteiger partial charge is 0.207 e. The fourth-order valence-corrected chi connectivity index (χ4v) is 0.625. The van der Waals surface area contributed by atoms with Crippen molar-refractivity contribution in [3.63, 3.8) is 0 Å². The van der Waals surface area contributed by atoms with Crippen LogP contribution < -0.4 is 9.47 Å². The standard InChI is InChI=1S/C8H8O3/c1-3-10-7-5-9-6-8(7)11-4-2/h3-6H,1-2H2. The van der Waals surface area contributed by atoms with Crippen molar-refractivity contribution in [1.29, 1.82) is 0 Å². The normalized spacial score (nSPS) is 8.73. The van der Waals surface area contributed by atoms with Crippen LogP contribution in [0.5, 0.6) is 11.5 Å². The third kappa shape index (κ3) is 1.64. The third-order valence-electron chi connectivity index (χ3n) is 1.01. The van der Waals surface area contributed by atoms with Crippen LogP contribution in [0.2, 0.25) is 0 Å². The van der Waals surface area contributed by atoms with Crippen LogP contribution >= 0.6 is 0 Å². The highest BCUT2D eigenvalue weighted by atomic mass is 16.5. The van der Waals surface area contributed by atoms with E-state index in [1.807, 2.05) is 0 Å². The van der Waals surface area contributed by atoms with Gasteiger partial charge in [-0.2, -0.15) is 0 Å². The molecule has 0 fully saturated rings. The van der Waals surface area contributed by atoms with Gasteiger partial charge in [-0.15, -0.1) is 0 Å². The molecule has 0 aliphatic carbocycles. The topological polar surface area (TPSA) is 31.6 Å². The summed E-state index contributed by atoms with van der Waals surface area (Å²) in [6.07, 6.45) is 5.42. The average molecular weight is 152 g/mol. The summed E-state index contributed by atoms with van der Waals surface area (Å²) in [4.78, 5) is 0. The van der Waals surface area contributed by atoms with Crippen LogP contribution in [0.1, 0.15) is 0 Å². The van der Waals surface area contributed by atoms with Crippen LogP contribution in [0, 0.1) is 0 Å². The largest absolute Gasteiger partial charge is 0.465 e. The lowest BCUT2D eigenvalue weighted by Gasteiger charge is -1.97. The maximum absolute atomic E-state index is 4.93. The van der Waals surface area contributed by atoms with Crippen LogP contribution in [0.3, 0.4) is 0 Å². The number of hydrogen-bond acceptors (Lipinski definition) is 3. The van der Waals surface area contributed by atoms with Crippen molar-refractivity contribution in [2.45, 2.75) is 0 Å². The summed E-state index contributed by atoms with van der Waals surface area (Å²) >= 11 is 0. The third-order valence-corrected chi connectivity index (χ3v) is 1.01. The van der Waals surface area contributed by atoms with Crippen LogP contribution in [0.15, 0.2) is 42.6 Å². The lowest BCUT2D eigenvalue weighted by atomic mass is 10.5. The van der Waals surface area contributed by atoms with Gasteiger partial charge in [0, 0.05) is 0 Å². The van der Waals surface area contributed by atoms with Gasteiger partial charge < -0.3 is 13.9 Å². The minimum absolute atomic E-state index is 0.486. The van der Waals surface area contributed by atoms with Gasteiger partial charge in [-0.3, -0.25) is 0 Å². The van der Waals surface area contributed by atoms with Gasteiger partial charge in [0.25, 0.3) is 0 Å². The van der Waals surface area contributed by atoms with E-state index in [0.717, 1.165) is 0 Å².